The fourth-order valence-electron chi connectivity index (χ4n) is 1.57. The Bertz CT molecular complexity index is 448. The van der Waals surface area contributed by atoms with E-state index in [1.807, 2.05) is 0 Å². The Labute approximate surface area is 98.0 Å². The Morgan fingerprint density at radius 3 is 2.82 bits per heavy atom. The van der Waals surface area contributed by atoms with Gasteiger partial charge in [-0.1, -0.05) is 0 Å². The van der Waals surface area contributed by atoms with Crippen molar-refractivity contribution in [2.75, 3.05) is 17.7 Å². The molecule has 17 heavy (non-hydrogen) atoms. The Morgan fingerprint density at radius 1 is 1.35 bits per heavy atom. The van der Waals surface area contributed by atoms with Gasteiger partial charge in [-0.15, -0.1) is 0 Å². The van der Waals surface area contributed by atoms with Crippen LogP contribution in [-0.2, 0) is 9.59 Å². The number of piperidine rings is 1. The fraction of sp³-hybridized carbons (Fsp3) is 0.400. The van der Waals surface area contributed by atoms with Crippen LogP contribution >= 0.6 is 0 Å². The van der Waals surface area contributed by atoms with Gasteiger partial charge in [-0.05, 0) is 6.42 Å². The molecule has 1 unspecified atom stereocenters. The molecule has 1 aliphatic heterocycles. The van der Waals surface area contributed by atoms with Crippen molar-refractivity contribution < 1.29 is 9.59 Å². The lowest BCUT2D eigenvalue weighted by atomic mass is 10.1. The maximum atomic E-state index is 11.5. The molecule has 1 fully saturated rings. The van der Waals surface area contributed by atoms with Gasteiger partial charge in [0.1, 0.15) is 17.7 Å². The van der Waals surface area contributed by atoms with Gasteiger partial charge in [0.2, 0.25) is 11.8 Å². The second-order valence-corrected chi connectivity index (χ2v) is 3.69. The molecule has 7 heteroatoms. The number of aromatic nitrogens is 2. The van der Waals surface area contributed by atoms with Crippen LogP contribution in [0.5, 0.6) is 0 Å². The van der Waals surface area contributed by atoms with Crippen LogP contribution in [0, 0.1) is 0 Å². The fourth-order valence-corrected chi connectivity index (χ4v) is 1.57. The summed E-state index contributed by atoms with van der Waals surface area (Å²) in [5.41, 5.74) is 0. The van der Waals surface area contributed by atoms with E-state index in [1.54, 1.807) is 13.2 Å². The van der Waals surface area contributed by atoms with Crippen molar-refractivity contribution in [3.05, 3.63) is 12.4 Å². The highest BCUT2D eigenvalue weighted by Crippen LogP contribution is 2.12. The Morgan fingerprint density at radius 2 is 2.12 bits per heavy atom. The summed E-state index contributed by atoms with van der Waals surface area (Å²) in [6.45, 7) is 0. The average Bonchev–Trinajstić information content (AvgIpc) is 2.33. The quantitative estimate of drug-likeness (QED) is 0.624. The van der Waals surface area contributed by atoms with Crippen molar-refractivity contribution in [1.29, 1.82) is 0 Å². The van der Waals surface area contributed by atoms with Crippen LogP contribution in [0.2, 0.25) is 0 Å². The molecule has 0 radical (unpaired) electrons. The molecule has 1 aliphatic rings. The molecule has 2 amide bonds. The first kappa shape index (κ1) is 11.3. The lowest BCUT2D eigenvalue weighted by Crippen LogP contribution is -2.47. The first-order chi connectivity index (χ1) is 8.19. The molecule has 90 valence electrons. The highest BCUT2D eigenvalue weighted by Gasteiger charge is 2.26. The van der Waals surface area contributed by atoms with E-state index in [-0.39, 0.29) is 11.8 Å². The summed E-state index contributed by atoms with van der Waals surface area (Å²) in [5, 5.41) is 8.08. The predicted molar refractivity (Wildman–Crippen MR) is 61.4 cm³/mol. The molecule has 1 aromatic rings. The van der Waals surface area contributed by atoms with Gasteiger partial charge in [-0.3, -0.25) is 19.9 Å². The normalized spacial score (nSPS) is 19.7. The number of hydrogen-bond acceptors (Lipinski definition) is 6. The SMILES string of the molecule is CNc1cncc(NC2CCC(=O)NC2=O)n1. The van der Waals surface area contributed by atoms with Crippen molar-refractivity contribution >= 4 is 23.5 Å². The molecule has 0 bridgehead atoms. The molecule has 1 aromatic heterocycles. The zero-order valence-electron chi connectivity index (χ0n) is 9.36. The van der Waals surface area contributed by atoms with Crippen LogP contribution in [0.3, 0.4) is 0 Å². The Balaban J connectivity index is 2.05. The Hall–Kier alpha value is -2.18. The van der Waals surface area contributed by atoms with Crippen molar-refractivity contribution in [3.8, 4) is 0 Å². The van der Waals surface area contributed by atoms with Gasteiger partial charge in [0.25, 0.3) is 0 Å². The smallest absolute Gasteiger partial charge is 0.249 e. The number of nitrogens with zero attached hydrogens (tertiary/aromatic N) is 2. The second-order valence-electron chi connectivity index (χ2n) is 3.69. The summed E-state index contributed by atoms with van der Waals surface area (Å²) in [6, 6.07) is -0.436. The number of hydrogen-bond donors (Lipinski definition) is 3. The van der Waals surface area contributed by atoms with E-state index < -0.39 is 6.04 Å². The number of carbonyl (C=O) groups is 2. The third kappa shape index (κ3) is 2.68. The predicted octanol–water partition coefficient (Wildman–Crippen LogP) is -0.265. The standard InChI is InChI=1S/C10H13N5O2/c1-11-7-4-12-5-8(14-7)13-6-2-3-9(16)15-10(6)17/h4-6H,2-3H2,1H3,(H2,11,13,14)(H,15,16,17). The number of carbonyl (C=O) groups excluding carboxylic acids is 2. The molecule has 0 aromatic carbocycles. The first-order valence-electron chi connectivity index (χ1n) is 5.29. The molecule has 0 saturated carbocycles. The molecule has 3 N–H and O–H groups in total. The second kappa shape index (κ2) is 4.77. The molecule has 2 heterocycles. The van der Waals surface area contributed by atoms with E-state index in [1.165, 1.54) is 6.20 Å². The van der Waals surface area contributed by atoms with Gasteiger partial charge < -0.3 is 10.6 Å². The molecule has 0 aliphatic carbocycles. The lowest BCUT2D eigenvalue weighted by Gasteiger charge is -2.22. The van der Waals surface area contributed by atoms with Crippen molar-refractivity contribution in [3.63, 3.8) is 0 Å². The van der Waals surface area contributed by atoms with Crippen LogP contribution in [0.25, 0.3) is 0 Å². The van der Waals surface area contributed by atoms with Gasteiger partial charge in [0.15, 0.2) is 0 Å². The maximum absolute atomic E-state index is 11.5. The highest BCUT2D eigenvalue weighted by molar-refractivity contribution is 6.01. The van der Waals surface area contributed by atoms with Gasteiger partial charge in [-0.2, -0.15) is 0 Å². The number of rotatable bonds is 3. The third-order valence-electron chi connectivity index (χ3n) is 2.45. The van der Waals surface area contributed by atoms with Crippen molar-refractivity contribution in [2.45, 2.75) is 18.9 Å². The summed E-state index contributed by atoms with van der Waals surface area (Å²) < 4.78 is 0. The number of imide groups is 1. The van der Waals surface area contributed by atoms with Crippen LogP contribution in [0.1, 0.15) is 12.8 Å². The minimum Gasteiger partial charge on any atom is -0.372 e. The first-order valence-corrected chi connectivity index (χ1v) is 5.29. The largest absolute Gasteiger partial charge is 0.372 e. The lowest BCUT2D eigenvalue weighted by molar-refractivity contribution is -0.133. The van der Waals surface area contributed by atoms with E-state index in [2.05, 4.69) is 25.9 Å². The summed E-state index contributed by atoms with van der Waals surface area (Å²) in [6.07, 6.45) is 3.92. The molecular weight excluding hydrogens is 222 g/mol. The van der Waals surface area contributed by atoms with Gasteiger partial charge in [0.05, 0.1) is 12.4 Å². The molecule has 1 saturated heterocycles. The zero-order valence-corrected chi connectivity index (χ0v) is 9.36. The summed E-state index contributed by atoms with van der Waals surface area (Å²) >= 11 is 0. The molecule has 2 rings (SSSR count). The third-order valence-corrected chi connectivity index (χ3v) is 2.45. The zero-order chi connectivity index (χ0) is 12.3. The average molecular weight is 235 g/mol. The molecule has 1 atom stereocenters. The van der Waals surface area contributed by atoms with E-state index >= 15 is 0 Å². The number of anilines is 2. The van der Waals surface area contributed by atoms with Crippen molar-refractivity contribution in [1.82, 2.24) is 15.3 Å². The van der Waals surface area contributed by atoms with E-state index in [0.29, 0.717) is 24.5 Å². The van der Waals surface area contributed by atoms with Crippen LogP contribution < -0.4 is 16.0 Å². The molecule has 0 spiro atoms. The number of amides is 2. The van der Waals surface area contributed by atoms with Gasteiger partial charge in [-0.25, -0.2) is 4.98 Å². The summed E-state index contributed by atoms with van der Waals surface area (Å²) in [5.74, 6) is 0.565. The minimum atomic E-state index is -0.436. The van der Waals surface area contributed by atoms with Crippen LogP contribution in [0.4, 0.5) is 11.6 Å². The minimum absolute atomic E-state index is 0.233. The topological polar surface area (TPSA) is 96.0 Å². The molecular formula is C10H13N5O2. The molecule has 7 nitrogen and oxygen atoms in total. The van der Waals surface area contributed by atoms with E-state index in [9.17, 15) is 9.59 Å². The van der Waals surface area contributed by atoms with E-state index in [4.69, 9.17) is 0 Å². The van der Waals surface area contributed by atoms with Gasteiger partial charge in [0, 0.05) is 13.5 Å². The number of nitrogens with one attached hydrogen (secondary N) is 3. The maximum Gasteiger partial charge on any atom is 0.249 e. The van der Waals surface area contributed by atoms with Crippen molar-refractivity contribution in [2.24, 2.45) is 0 Å². The van der Waals surface area contributed by atoms with Gasteiger partial charge >= 0.3 is 0 Å². The Kier molecular flexibility index (Phi) is 3.17. The van der Waals surface area contributed by atoms with Crippen LogP contribution in [-0.4, -0.2) is 34.9 Å². The van der Waals surface area contributed by atoms with E-state index in [0.717, 1.165) is 0 Å². The highest BCUT2D eigenvalue weighted by atomic mass is 16.2. The summed E-state index contributed by atoms with van der Waals surface area (Å²) in [7, 11) is 1.74. The van der Waals surface area contributed by atoms with Crippen LogP contribution in [0.15, 0.2) is 12.4 Å². The monoisotopic (exact) mass is 235 g/mol. The summed E-state index contributed by atoms with van der Waals surface area (Å²) in [4.78, 5) is 30.6.